The monoisotopic (exact) mass is 286 g/mol. The SMILES string of the molecule is COc1ccccc1NC(N)=NCc1cccnc1OC. The van der Waals surface area contributed by atoms with E-state index in [1.54, 1.807) is 20.4 Å². The largest absolute Gasteiger partial charge is 0.495 e. The van der Waals surface area contributed by atoms with E-state index in [-0.39, 0.29) is 0 Å². The first-order valence-electron chi connectivity index (χ1n) is 6.42. The first-order valence-corrected chi connectivity index (χ1v) is 6.42. The molecule has 1 heterocycles. The molecule has 2 rings (SSSR count). The molecular formula is C15H18N4O2. The van der Waals surface area contributed by atoms with Crippen molar-refractivity contribution < 1.29 is 9.47 Å². The summed E-state index contributed by atoms with van der Waals surface area (Å²) in [5.41, 5.74) is 7.52. The number of nitrogens with one attached hydrogen (secondary N) is 1. The third-order valence-corrected chi connectivity index (χ3v) is 2.83. The number of aliphatic imine (C=N–C) groups is 1. The second-order valence-corrected chi connectivity index (χ2v) is 4.20. The fraction of sp³-hybridized carbons (Fsp3) is 0.200. The summed E-state index contributed by atoms with van der Waals surface area (Å²) in [5, 5.41) is 3.01. The van der Waals surface area contributed by atoms with Crippen molar-refractivity contribution in [3.05, 3.63) is 48.2 Å². The second kappa shape index (κ2) is 7.14. The molecule has 110 valence electrons. The Balaban J connectivity index is 2.08. The van der Waals surface area contributed by atoms with E-state index in [1.165, 1.54) is 0 Å². The normalized spacial score (nSPS) is 11.0. The number of nitrogens with zero attached hydrogens (tertiary/aromatic N) is 2. The van der Waals surface area contributed by atoms with Crippen LogP contribution < -0.4 is 20.5 Å². The highest BCUT2D eigenvalue weighted by atomic mass is 16.5. The smallest absolute Gasteiger partial charge is 0.218 e. The summed E-state index contributed by atoms with van der Waals surface area (Å²) < 4.78 is 10.4. The van der Waals surface area contributed by atoms with Crippen molar-refractivity contribution in [3.8, 4) is 11.6 Å². The van der Waals surface area contributed by atoms with Crippen LogP contribution in [0.5, 0.6) is 11.6 Å². The minimum atomic E-state index is 0.297. The van der Waals surface area contributed by atoms with Crippen LogP contribution in [0.25, 0.3) is 0 Å². The number of nitrogens with two attached hydrogens (primary N) is 1. The van der Waals surface area contributed by atoms with Crippen molar-refractivity contribution in [3.63, 3.8) is 0 Å². The molecule has 1 aromatic carbocycles. The number of hydrogen-bond donors (Lipinski definition) is 2. The highest BCUT2D eigenvalue weighted by Gasteiger charge is 2.04. The van der Waals surface area contributed by atoms with Crippen molar-refractivity contribution in [2.75, 3.05) is 19.5 Å². The molecule has 0 amide bonds. The van der Waals surface area contributed by atoms with Crippen LogP contribution in [0.2, 0.25) is 0 Å². The number of methoxy groups -OCH3 is 2. The Morgan fingerprint density at radius 1 is 1.19 bits per heavy atom. The number of ether oxygens (including phenoxy) is 2. The zero-order chi connectivity index (χ0) is 15.1. The Kier molecular flexibility index (Phi) is 4.98. The van der Waals surface area contributed by atoms with Crippen LogP contribution in [0, 0.1) is 0 Å². The number of benzene rings is 1. The summed E-state index contributed by atoms with van der Waals surface area (Å²) in [4.78, 5) is 8.40. The number of anilines is 1. The Morgan fingerprint density at radius 3 is 2.76 bits per heavy atom. The van der Waals surface area contributed by atoms with Crippen molar-refractivity contribution in [2.45, 2.75) is 6.54 Å². The van der Waals surface area contributed by atoms with Crippen LogP contribution in [0.1, 0.15) is 5.56 Å². The predicted octanol–water partition coefficient (Wildman–Crippen LogP) is 2.03. The lowest BCUT2D eigenvalue weighted by Gasteiger charge is -2.10. The van der Waals surface area contributed by atoms with Gasteiger partial charge in [-0.05, 0) is 18.2 Å². The molecule has 6 heteroatoms. The lowest BCUT2D eigenvalue weighted by atomic mass is 10.3. The highest BCUT2D eigenvalue weighted by molar-refractivity contribution is 5.93. The van der Waals surface area contributed by atoms with Crippen molar-refractivity contribution >= 4 is 11.6 Å². The minimum absolute atomic E-state index is 0.297. The topological polar surface area (TPSA) is 81.8 Å². The summed E-state index contributed by atoms with van der Waals surface area (Å²) >= 11 is 0. The molecule has 0 fully saturated rings. The fourth-order valence-electron chi connectivity index (χ4n) is 1.82. The molecule has 0 saturated carbocycles. The first-order chi connectivity index (χ1) is 10.2. The van der Waals surface area contributed by atoms with Gasteiger partial charge in [-0.2, -0.15) is 0 Å². The summed E-state index contributed by atoms with van der Waals surface area (Å²) in [7, 11) is 3.18. The van der Waals surface area contributed by atoms with E-state index in [0.717, 1.165) is 11.3 Å². The Bertz CT molecular complexity index is 629. The maximum absolute atomic E-state index is 5.89. The van der Waals surface area contributed by atoms with Gasteiger partial charge in [0, 0.05) is 11.8 Å². The van der Waals surface area contributed by atoms with E-state index < -0.39 is 0 Å². The minimum Gasteiger partial charge on any atom is -0.495 e. The van der Waals surface area contributed by atoms with Crippen LogP contribution >= 0.6 is 0 Å². The zero-order valence-electron chi connectivity index (χ0n) is 12.0. The molecule has 0 aliphatic carbocycles. The van der Waals surface area contributed by atoms with Crippen LogP contribution in [-0.4, -0.2) is 25.2 Å². The molecule has 21 heavy (non-hydrogen) atoms. The third-order valence-electron chi connectivity index (χ3n) is 2.83. The van der Waals surface area contributed by atoms with E-state index in [1.807, 2.05) is 36.4 Å². The maximum Gasteiger partial charge on any atom is 0.218 e. The van der Waals surface area contributed by atoms with Gasteiger partial charge in [0.25, 0.3) is 0 Å². The van der Waals surface area contributed by atoms with E-state index in [4.69, 9.17) is 15.2 Å². The first kappa shape index (κ1) is 14.6. The molecule has 0 spiro atoms. The van der Waals surface area contributed by atoms with E-state index in [0.29, 0.717) is 24.1 Å². The number of guanidine groups is 1. The van der Waals surface area contributed by atoms with Gasteiger partial charge in [0.05, 0.1) is 26.5 Å². The number of rotatable bonds is 5. The Hall–Kier alpha value is -2.76. The molecule has 1 aromatic heterocycles. The standard InChI is InChI=1S/C15H18N4O2/c1-20-13-8-4-3-7-12(13)19-15(16)18-10-11-6-5-9-17-14(11)21-2/h3-9H,10H2,1-2H3,(H3,16,18,19). The average molecular weight is 286 g/mol. The lowest BCUT2D eigenvalue weighted by molar-refractivity contribution is 0.392. The van der Waals surface area contributed by atoms with Gasteiger partial charge in [-0.15, -0.1) is 0 Å². The van der Waals surface area contributed by atoms with Crippen LogP contribution in [-0.2, 0) is 6.54 Å². The van der Waals surface area contributed by atoms with Gasteiger partial charge in [0.2, 0.25) is 5.88 Å². The number of pyridine rings is 1. The molecule has 0 radical (unpaired) electrons. The zero-order valence-corrected chi connectivity index (χ0v) is 12.0. The Labute approximate surface area is 123 Å². The molecule has 0 saturated heterocycles. The van der Waals surface area contributed by atoms with Crippen molar-refractivity contribution in [1.82, 2.24) is 4.98 Å². The number of para-hydroxylation sites is 2. The molecule has 3 N–H and O–H groups in total. The summed E-state index contributed by atoms with van der Waals surface area (Å²) in [5.74, 6) is 1.55. The summed E-state index contributed by atoms with van der Waals surface area (Å²) in [6.45, 7) is 0.380. The number of hydrogen-bond acceptors (Lipinski definition) is 4. The molecule has 2 aromatic rings. The molecule has 0 atom stereocenters. The summed E-state index contributed by atoms with van der Waals surface area (Å²) in [6.07, 6.45) is 1.67. The average Bonchev–Trinajstić information content (AvgIpc) is 2.53. The van der Waals surface area contributed by atoms with Gasteiger partial charge in [0.1, 0.15) is 5.75 Å². The maximum atomic E-state index is 5.89. The van der Waals surface area contributed by atoms with Gasteiger partial charge in [-0.3, -0.25) is 0 Å². The van der Waals surface area contributed by atoms with Crippen LogP contribution in [0.3, 0.4) is 0 Å². The molecule has 0 unspecified atom stereocenters. The van der Waals surface area contributed by atoms with Gasteiger partial charge in [-0.25, -0.2) is 9.98 Å². The van der Waals surface area contributed by atoms with Crippen LogP contribution in [0.15, 0.2) is 47.6 Å². The Morgan fingerprint density at radius 2 is 2.00 bits per heavy atom. The van der Waals surface area contributed by atoms with E-state index in [9.17, 15) is 0 Å². The van der Waals surface area contributed by atoms with E-state index >= 15 is 0 Å². The number of aromatic nitrogens is 1. The molecule has 0 bridgehead atoms. The van der Waals surface area contributed by atoms with E-state index in [2.05, 4.69) is 15.3 Å². The predicted molar refractivity (Wildman–Crippen MR) is 82.7 cm³/mol. The second-order valence-electron chi connectivity index (χ2n) is 4.20. The molecule has 0 aliphatic rings. The van der Waals surface area contributed by atoms with Gasteiger partial charge >= 0.3 is 0 Å². The van der Waals surface area contributed by atoms with Crippen molar-refractivity contribution in [2.24, 2.45) is 10.7 Å². The van der Waals surface area contributed by atoms with Crippen molar-refractivity contribution in [1.29, 1.82) is 0 Å². The van der Waals surface area contributed by atoms with Gasteiger partial charge < -0.3 is 20.5 Å². The lowest BCUT2D eigenvalue weighted by Crippen LogP contribution is -2.23. The van der Waals surface area contributed by atoms with Gasteiger partial charge in [-0.1, -0.05) is 18.2 Å². The van der Waals surface area contributed by atoms with Gasteiger partial charge in [0.15, 0.2) is 5.96 Å². The molecular weight excluding hydrogens is 268 g/mol. The summed E-state index contributed by atoms with van der Waals surface area (Å²) in [6, 6.07) is 11.2. The highest BCUT2D eigenvalue weighted by Crippen LogP contribution is 2.22. The molecule has 6 nitrogen and oxygen atoms in total. The van der Waals surface area contributed by atoms with Crippen LogP contribution in [0.4, 0.5) is 5.69 Å². The third kappa shape index (κ3) is 3.85. The quantitative estimate of drug-likeness (QED) is 0.649. The molecule has 0 aliphatic heterocycles. The fourth-order valence-corrected chi connectivity index (χ4v) is 1.82.